The van der Waals surface area contributed by atoms with Crippen LogP contribution in [0.25, 0.3) is 11.3 Å². The topological polar surface area (TPSA) is 61.2 Å². The van der Waals surface area contributed by atoms with Crippen LogP contribution in [0.4, 0.5) is 0 Å². The van der Waals surface area contributed by atoms with Crippen molar-refractivity contribution in [3.8, 4) is 22.8 Å². The van der Waals surface area contributed by atoms with E-state index in [2.05, 4.69) is 48.6 Å². The Morgan fingerprint density at radius 2 is 1.68 bits per heavy atom. The van der Waals surface area contributed by atoms with E-state index in [1.54, 1.807) is 4.80 Å². The molecule has 0 fully saturated rings. The van der Waals surface area contributed by atoms with E-state index in [4.69, 9.17) is 19.7 Å². The fourth-order valence-corrected chi connectivity index (χ4v) is 3.71. The molecule has 156 valence electrons. The Bertz CT molecular complexity index is 1190. The Balaban J connectivity index is 1.35. The molecule has 0 amide bonds. The lowest BCUT2D eigenvalue weighted by atomic mass is 10.1. The van der Waals surface area contributed by atoms with Gasteiger partial charge in [-0.1, -0.05) is 60.7 Å². The highest BCUT2D eigenvalue weighted by atomic mass is 16.7. The van der Waals surface area contributed by atoms with Crippen molar-refractivity contribution in [1.29, 1.82) is 0 Å². The smallest absolute Gasteiger partial charge is 0.231 e. The minimum absolute atomic E-state index is 0.288. The van der Waals surface area contributed by atoms with Crippen LogP contribution in [0.2, 0.25) is 0 Å². The minimum Gasteiger partial charge on any atom is -0.454 e. The summed E-state index contributed by atoms with van der Waals surface area (Å²) in [6.07, 6.45) is 0. The van der Waals surface area contributed by atoms with Crippen LogP contribution in [0, 0.1) is 6.92 Å². The maximum atomic E-state index is 5.47. The normalized spacial score (nSPS) is 12.3. The van der Waals surface area contributed by atoms with Crippen molar-refractivity contribution >= 4 is 0 Å². The zero-order valence-electron chi connectivity index (χ0n) is 17.4. The van der Waals surface area contributed by atoms with Gasteiger partial charge >= 0.3 is 0 Å². The van der Waals surface area contributed by atoms with Gasteiger partial charge < -0.3 is 14.8 Å². The van der Waals surface area contributed by atoms with Crippen LogP contribution in [0.15, 0.2) is 72.8 Å². The van der Waals surface area contributed by atoms with Crippen molar-refractivity contribution in [2.45, 2.75) is 26.6 Å². The molecule has 3 aromatic carbocycles. The molecule has 2 heterocycles. The van der Waals surface area contributed by atoms with E-state index in [1.807, 2.05) is 36.4 Å². The third-order valence-electron chi connectivity index (χ3n) is 5.40. The molecule has 1 N–H and O–H groups in total. The number of benzene rings is 3. The molecule has 5 rings (SSSR count). The average molecular weight is 412 g/mol. The number of nitrogens with one attached hydrogen (secondary N) is 1. The van der Waals surface area contributed by atoms with Crippen LogP contribution in [0.3, 0.4) is 0 Å². The fraction of sp³-hybridized carbons (Fsp3) is 0.200. The maximum absolute atomic E-state index is 5.47. The summed E-state index contributed by atoms with van der Waals surface area (Å²) in [6, 6.07) is 24.6. The summed E-state index contributed by atoms with van der Waals surface area (Å²) >= 11 is 0. The quantitative estimate of drug-likeness (QED) is 0.490. The molecule has 31 heavy (non-hydrogen) atoms. The second-order valence-corrected chi connectivity index (χ2v) is 7.61. The Kier molecular flexibility index (Phi) is 5.37. The number of hydrogen-bond donors (Lipinski definition) is 1. The highest BCUT2D eigenvalue weighted by Gasteiger charge is 2.15. The summed E-state index contributed by atoms with van der Waals surface area (Å²) in [5, 5.41) is 13.1. The Morgan fingerprint density at radius 3 is 2.55 bits per heavy atom. The molecule has 0 saturated heterocycles. The Hall–Kier alpha value is -3.64. The van der Waals surface area contributed by atoms with Gasteiger partial charge in [-0.2, -0.15) is 15.0 Å². The number of rotatable bonds is 7. The van der Waals surface area contributed by atoms with Gasteiger partial charge in [-0.05, 0) is 35.7 Å². The number of aromatic nitrogens is 3. The van der Waals surface area contributed by atoms with Crippen molar-refractivity contribution in [3.63, 3.8) is 0 Å². The standard InChI is InChI=1S/C25H24N4O2/c1-18-7-5-6-10-21(18)16-29-27-22(25(28-29)20-8-3-2-4-9-20)15-26-14-19-11-12-23-24(13-19)31-17-30-23/h2-13,26H,14-17H2,1H3. The average Bonchev–Trinajstić information content (AvgIpc) is 3.42. The molecule has 6 nitrogen and oxygen atoms in total. The van der Waals surface area contributed by atoms with Gasteiger partial charge in [0.2, 0.25) is 6.79 Å². The van der Waals surface area contributed by atoms with Crippen LogP contribution in [0.1, 0.15) is 22.4 Å². The van der Waals surface area contributed by atoms with E-state index in [9.17, 15) is 0 Å². The zero-order valence-corrected chi connectivity index (χ0v) is 17.4. The van der Waals surface area contributed by atoms with Gasteiger partial charge in [-0.3, -0.25) is 0 Å². The predicted octanol–water partition coefficient (Wildman–Crippen LogP) is 4.32. The maximum Gasteiger partial charge on any atom is 0.231 e. The molecule has 1 aromatic heterocycles. The van der Waals surface area contributed by atoms with Crippen LogP contribution < -0.4 is 14.8 Å². The lowest BCUT2D eigenvalue weighted by Crippen LogP contribution is -2.14. The largest absolute Gasteiger partial charge is 0.454 e. The lowest BCUT2D eigenvalue weighted by molar-refractivity contribution is 0.174. The first-order valence-corrected chi connectivity index (χ1v) is 10.4. The van der Waals surface area contributed by atoms with Gasteiger partial charge in [-0.25, -0.2) is 0 Å². The molecule has 0 atom stereocenters. The molecule has 0 bridgehead atoms. The van der Waals surface area contributed by atoms with Crippen LogP contribution >= 0.6 is 0 Å². The monoisotopic (exact) mass is 412 g/mol. The summed E-state index contributed by atoms with van der Waals surface area (Å²) in [7, 11) is 0. The van der Waals surface area contributed by atoms with Crippen LogP contribution in [0.5, 0.6) is 11.5 Å². The predicted molar refractivity (Wildman–Crippen MR) is 119 cm³/mol. The Morgan fingerprint density at radius 1 is 0.871 bits per heavy atom. The highest BCUT2D eigenvalue weighted by Crippen LogP contribution is 2.32. The first kappa shape index (κ1) is 19.3. The second-order valence-electron chi connectivity index (χ2n) is 7.61. The summed E-state index contributed by atoms with van der Waals surface area (Å²) in [4.78, 5) is 1.79. The molecule has 1 aliphatic heterocycles. The first-order valence-electron chi connectivity index (χ1n) is 10.4. The molecule has 1 aliphatic rings. The van der Waals surface area contributed by atoms with Crippen LogP contribution in [-0.2, 0) is 19.6 Å². The molecule has 0 aliphatic carbocycles. The van der Waals surface area contributed by atoms with Gasteiger partial charge in [-0.15, -0.1) is 0 Å². The summed E-state index contributed by atoms with van der Waals surface area (Å²) in [6.45, 7) is 4.37. The molecule has 0 spiro atoms. The molecule has 0 radical (unpaired) electrons. The first-order chi connectivity index (χ1) is 15.3. The molecule has 6 heteroatoms. The van der Waals surface area contributed by atoms with Gasteiger partial charge in [0.15, 0.2) is 11.5 Å². The van der Waals surface area contributed by atoms with Gasteiger partial charge in [0.1, 0.15) is 11.4 Å². The van der Waals surface area contributed by atoms with Gasteiger partial charge in [0.25, 0.3) is 0 Å². The number of aryl methyl sites for hydroxylation is 1. The summed E-state index contributed by atoms with van der Waals surface area (Å²) in [5.41, 5.74) is 6.50. The number of nitrogens with zero attached hydrogens (tertiary/aromatic N) is 3. The lowest BCUT2D eigenvalue weighted by Gasteiger charge is -2.06. The van der Waals surface area contributed by atoms with Crippen molar-refractivity contribution in [2.24, 2.45) is 0 Å². The van der Waals surface area contributed by atoms with E-state index < -0.39 is 0 Å². The number of ether oxygens (including phenoxy) is 2. The fourth-order valence-electron chi connectivity index (χ4n) is 3.71. The van der Waals surface area contributed by atoms with E-state index in [1.165, 1.54) is 11.1 Å². The van der Waals surface area contributed by atoms with Crippen molar-refractivity contribution in [1.82, 2.24) is 20.3 Å². The van der Waals surface area contributed by atoms with Crippen molar-refractivity contribution < 1.29 is 9.47 Å². The summed E-state index contributed by atoms with van der Waals surface area (Å²) in [5.74, 6) is 1.60. The van der Waals surface area contributed by atoms with E-state index in [0.717, 1.165) is 34.0 Å². The van der Waals surface area contributed by atoms with Crippen LogP contribution in [-0.4, -0.2) is 21.8 Å². The molecule has 4 aromatic rings. The zero-order chi connectivity index (χ0) is 21.0. The van der Waals surface area contributed by atoms with Crippen molar-refractivity contribution in [3.05, 3.63) is 95.2 Å². The summed E-state index contributed by atoms with van der Waals surface area (Å²) < 4.78 is 10.9. The molecular weight excluding hydrogens is 388 g/mol. The molecule has 0 saturated carbocycles. The highest BCUT2D eigenvalue weighted by molar-refractivity contribution is 5.61. The van der Waals surface area contributed by atoms with Gasteiger partial charge in [0.05, 0.1) is 6.54 Å². The van der Waals surface area contributed by atoms with E-state index in [0.29, 0.717) is 19.6 Å². The number of fused-ring (bicyclic) bond motifs is 1. The second kappa shape index (κ2) is 8.62. The minimum atomic E-state index is 0.288. The molecular formula is C25H24N4O2. The van der Waals surface area contributed by atoms with E-state index in [-0.39, 0.29) is 6.79 Å². The van der Waals surface area contributed by atoms with E-state index >= 15 is 0 Å². The number of hydrogen-bond acceptors (Lipinski definition) is 5. The third-order valence-corrected chi connectivity index (χ3v) is 5.40. The van der Waals surface area contributed by atoms with Gasteiger partial charge in [0, 0.05) is 18.7 Å². The third kappa shape index (κ3) is 4.29. The molecule has 0 unspecified atom stereocenters. The van der Waals surface area contributed by atoms with Crippen molar-refractivity contribution in [2.75, 3.05) is 6.79 Å². The SMILES string of the molecule is Cc1ccccc1Cn1nc(CNCc2ccc3c(c2)OCO3)c(-c2ccccc2)n1. The Labute approximate surface area is 181 Å².